The minimum absolute atomic E-state index is 0.0406. The lowest BCUT2D eigenvalue weighted by atomic mass is 9.32. The van der Waals surface area contributed by atoms with Crippen LogP contribution in [-0.4, -0.2) is 51.3 Å². The van der Waals surface area contributed by atoms with E-state index in [1.54, 1.807) is 4.90 Å². The number of aliphatic hydroxyl groups is 2. The van der Waals surface area contributed by atoms with Gasteiger partial charge < -0.3 is 19.8 Å². The number of carbonyl (C=O) groups is 2. The number of allylic oxidation sites excluding steroid dienone is 4. The summed E-state index contributed by atoms with van der Waals surface area (Å²) < 4.78 is 35.3. The maximum atomic E-state index is 14.8. The van der Waals surface area contributed by atoms with Crippen LogP contribution in [0.1, 0.15) is 115 Å². The molecule has 2 aromatic rings. The van der Waals surface area contributed by atoms with Gasteiger partial charge in [-0.1, -0.05) is 89.6 Å². The van der Waals surface area contributed by atoms with E-state index in [1.165, 1.54) is 6.07 Å². The van der Waals surface area contributed by atoms with Crippen molar-refractivity contribution in [3.8, 4) is 0 Å². The molecule has 0 aromatic heterocycles. The zero-order chi connectivity index (χ0) is 39.1. The molecule has 8 heteroatoms. The highest BCUT2D eigenvalue weighted by atomic mass is 19.2. The van der Waals surface area contributed by atoms with Crippen LogP contribution in [0.5, 0.6) is 0 Å². The Balaban J connectivity index is 1.17. The van der Waals surface area contributed by atoms with E-state index in [0.717, 1.165) is 49.8 Å². The van der Waals surface area contributed by atoms with Gasteiger partial charge in [0.15, 0.2) is 17.4 Å². The molecular weight excluding hydrogens is 697 g/mol. The molecule has 296 valence electrons. The van der Waals surface area contributed by atoms with E-state index < -0.39 is 45.7 Å². The maximum Gasteiger partial charge on any atom is 0.410 e. The number of benzene rings is 2. The molecule has 7 aliphatic rings. The second-order valence-electron chi connectivity index (χ2n) is 19.4. The number of rotatable bonds is 8. The van der Waals surface area contributed by atoms with E-state index in [-0.39, 0.29) is 47.2 Å². The first-order valence-electron chi connectivity index (χ1n) is 20.9. The molecule has 11 atom stereocenters. The Kier molecular flexibility index (Phi) is 9.55. The summed E-state index contributed by atoms with van der Waals surface area (Å²) in [4.78, 5) is 31.0. The molecule has 0 aliphatic heterocycles. The first kappa shape index (κ1) is 38.5. The van der Waals surface area contributed by atoms with Gasteiger partial charge in [-0.15, -0.1) is 0 Å². The van der Waals surface area contributed by atoms with Gasteiger partial charge in [-0.25, -0.2) is 13.6 Å². The van der Waals surface area contributed by atoms with Crippen LogP contribution < -0.4 is 0 Å². The zero-order valence-electron chi connectivity index (χ0n) is 33.2. The standard InChI is InChI=1S/C47H59F2NO5/c1-29(2)34-13-11-30(3)23-38(34)55-42(53)50(27-31-9-7-6-8-10-31)28-46(54)20-17-40-44(46,5)19-16-39-43(4)18-15-33(51)25-45(43)21-22-47(39,40)35(26-45)41(52)32-12-14-36(48)37(49)24-32/h6-10,12,14,21-22,24,26,29-30,33-34,38-40,51,54H,11,13,15-20,23,25,27-28H2,1-5H3/t30-,33?,34+,38-,39+,40+,43+,44-,45-,46+,47+/m0/s1. The number of fused-ring (bicyclic) bond motifs is 1. The average molecular weight is 756 g/mol. The van der Waals surface area contributed by atoms with Crippen molar-refractivity contribution < 1.29 is 33.3 Å². The van der Waals surface area contributed by atoms with Crippen LogP contribution in [0, 0.1) is 62.9 Å². The second-order valence-corrected chi connectivity index (χ2v) is 19.4. The third kappa shape index (κ3) is 5.89. The predicted octanol–water partition coefficient (Wildman–Crippen LogP) is 9.84. The van der Waals surface area contributed by atoms with Gasteiger partial charge in [-0.05, 0) is 117 Å². The lowest BCUT2D eigenvalue weighted by molar-refractivity contribution is -0.175. The van der Waals surface area contributed by atoms with Crippen molar-refractivity contribution in [2.24, 2.45) is 51.2 Å². The third-order valence-corrected chi connectivity index (χ3v) is 16.3. The van der Waals surface area contributed by atoms with Gasteiger partial charge in [-0.2, -0.15) is 0 Å². The van der Waals surface area contributed by atoms with Gasteiger partial charge in [0, 0.05) is 33.9 Å². The van der Waals surface area contributed by atoms with Crippen molar-refractivity contribution in [1.29, 1.82) is 0 Å². The van der Waals surface area contributed by atoms with Crippen molar-refractivity contribution in [2.75, 3.05) is 6.54 Å². The molecule has 6 nitrogen and oxygen atoms in total. The summed E-state index contributed by atoms with van der Waals surface area (Å²) in [6, 6.07) is 13.2. The molecule has 0 radical (unpaired) electrons. The van der Waals surface area contributed by atoms with Crippen LogP contribution in [0.2, 0.25) is 0 Å². The van der Waals surface area contributed by atoms with Crippen LogP contribution in [0.4, 0.5) is 13.6 Å². The normalized spacial score (nSPS) is 40.2. The first-order valence-corrected chi connectivity index (χ1v) is 20.9. The highest BCUT2D eigenvalue weighted by Gasteiger charge is 2.74. The molecule has 2 aromatic carbocycles. The number of aliphatic hydroxyl groups excluding tert-OH is 1. The number of hydrogen-bond acceptors (Lipinski definition) is 5. The first-order chi connectivity index (χ1) is 26.1. The Morgan fingerprint density at radius 3 is 2.35 bits per heavy atom. The summed E-state index contributed by atoms with van der Waals surface area (Å²) in [7, 11) is 0. The summed E-state index contributed by atoms with van der Waals surface area (Å²) in [6.45, 7) is 11.5. The predicted molar refractivity (Wildman–Crippen MR) is 208 cm³/mol. The monoisotopic (exact) mass is 755 g/mol. The van der Waals surface area contributed by atoms with E-state index >= 15 is 0 Å². The quantitative estimate of drug-likeness (QED) is 0.207. The molecule has 2 N–H and O–H groups in total. The summed E-state index contributed by atoms with van der Waals surface area (Å²) in [5.74, 6) is -1.40. The number of Topliss-reactive ketones (excluding diaryl/α,β-unsaturated/α-hetero) is 1. The van der Waals surface area contributed by atoms with Gasteiger partial charge in [0.1, 0.15) is 6.10 Å². The SMILES string of the molecule is CC(C)[C@H]1CC[C@H](C)C[C@@H]1OC(=O)N(Cc1ccccc1)C[C@]1(O)CC[C@H]2[C@]34C=C[C@@]5(C=C3C(=O)c3ccc(F)c(F)c3)CC(O)CC[C@]5(C)[C@H]4CC[C@@]21C. The average Bonchev–Trinajstić information content (AvgIpc) is 3.42. The molecule has 2 spiro atoms. The summed E-state index contributed by atoms with van der Waals surface area (Å²) in [5, 5.41) is 24.2. The number of amides is 1. The van der Waals surface area contributed by atoms with Crippen LogP contribution in [-0.2, 0) is 11.3 Å². The Morgan fingerprint density at radius 1 is 0.909 bits per heavy atom. The molecule has 2 bridgehead atoms. The fourth-order valence-electron chi connectivity index (χ4n) is 13.1. The van der Waals surface area contributed by atoms with E-state index in [4.69, 9.17) is 4.74 Å². The Bertz CT molecular complexity index is 1900. The van der Waals surface area contributed by atoms with Crippen molar-refractivity contribution >= 4 is 11.9 Å². The molecule has 1 amide bonds. The molecule has 1 unspecified atom stereocenters. The Morgan fingerprint density at radius 2 is 1.62 bits per heavy atom. The van der Waals surface area contributed by atoms with Crippen molar-refractivity contribution in [1.82, 2.24) is 4.90 Å². The molecule has 0 saturated heterocycles. The highest BCUT2D eigenvalue weighted by molar-refractivity contribution is 6.10. The third-order valence-electron chi connectivity index (χ3n) is 16.3. The number of hydrogen-bond donors (Lipinski definition) is 2. The van der Waals surface area contributed by atoms with Crippen LogP contribution in [0.25, 0.3) is 0 Å². The molecule has 7 aliphatic carbocycles. The number of ketones is 1. The van der Waals surface area contributed by atoms with Gasteiger partial charge in [0.2, 0.25) is 0 Å². The summed E-state index contributed by atoms with van der Waals surface area (Å²) in [6.07, 6.45) is 12.9. The fraction of sp³-hybridized carbons (Fsp3) is 0.617. The summed E-state index contributed by atoms with van der Waals surface area (Å²) >= 11 is 0. The number of halogens is 2. The molecular formula is C47H59F2NO5. The minimum atomic E-state index is -1.29. The molecule has 9 rings (SSSR count). The number of ether oxygens (including phenoxy) is 1. The van der Waals surface area contributed by atoms with E-state index in [2.05, 4.69) is 52.8 Å². The van der Waals surface area contributed by atoms with Crippen molar-refractivity contribution in [2.45, 2.75) is 123 Å². The van der Waals surface area contributed by atoms with Crippen LogP contribution in [0.3, 0.4) is 0 Å². The van der Waals surface area contributed by atoms with Gasteiger partial charge in [0.25, 0.3) is 0 Å². The fourth-order valence-corrected chi connectivity index (χ4v) is 13.1. The Labute approximate surface area is 325 Å². The maximum absolute atomic E-state index is 14.8. The highest BCUT2D eigenvalue weighted by Crippen LogP contribution is 2.78. The van der Waals surface area contributed by atoms with Crippen LogP contribution in [0.15, 0.2) is 72.3 Å². The van der Waals surface area contributed by atoms with E-state index in [9.17, 15) is 28.6 Å². The number of nitrogens with zero attached hydrogens (tertiary/aromatic N) is 1. The minimum Gasteiger partial charge on any atom is -0.446 e. The van der Waals surface area contributed by atoms with Crippen LogP contribution >= 0.6 is 0 Å². The van der Waals surface area contributed by atoms with Gasteiger partial charge in [0.05, 0.1) is 18.2 Å². The van der Waals surface area contributed by atoms with Crippen molar-refractivity contribution in [3.63, 3.8) is 0 Å². The van der Waals surface area contributed by atoms with E-state index in [1.807, 2.05) is 30.3 Å². The topological polar surface area (TPSA) is 87.1 Å². The Hall–Kier alpha value is -3.36. The summed E-state index contributed by atoms with van der Waals surface area (Å²) in [5.41, 5.74) is -1.92. The van der Waals surface area contributed by atoms with E-state index in [0.29, 0.717) is 56.1 Å². The largest absolute Gasteiger partial charge is 0.446 e. The molecule has 4 fully saturated rings. The zero-order valence-corrected chi connectivity index (χ0v) is 33.2. The molecule has 0 heterocycles. The lowest BCUT2D eigenvalue weighted by Gasteiger charge is -2.71. The lowest BCUT2D eigenvalue weighted by Crippen LogP contribution is -2.67. The van der Waals surface area contributed by atoms with Gasteiger partial charge >= 0.3 is 6.09 Å². The van der Waals surface area contributed by atoms with Crippen molar-refractivity contribution in [3.05, 3.63) is 95.1 Å². The van der Waals surface area contributed by atoms with Gasteiger partial charge in [-0.3, -0.25) is 4.79 Å². The second kappa shape index (κ2) is 13.6. The number of carbonyl (C=O) groups excluding carboxylic acids is 2. The molecule has 55 heavy (non-hydrogen) atoms. The molecule has 4 saturated carbocycles. The smallest absolute Gasteiger partial charge is 0.410 e.